The first kappa shape index (κ1) is 15.3. The highest BCUT2D eigenvalue weighted by Crippen LogP contribution is 2.35. The third-order valence-corrected chi connectivity index (χ3v) is 5.10. The molecule has 1 aromatic carbocycles. The third kappa shape index (κ3) is 2.58. The van der Waals surface area contributed by atoms with Crippen molar-refractivity contribution >= 4 is 0 Å². The minimum atomic E-state index is 0.380. The molecule has 2 unspecified atom stereocenters. The zero-order valence-corrected chi connectivity index (χ0v) is 14.4. The van der Waals surface area contributed by atoms with Gasteiger partial charge in [-0.15, -0.1) is 0 Å². The van der Waals surface area contributed by atoms with Crippen molar-refractivity contribution in [2.75, 3.05) is 0 Å². The molecule has 0 saturated carbocycles. The maximum Gasteiger partial charge on any atom is 0.0644 e. The highest BCUT2D eigenvalue weighted by atomic mass is 15.3. The molecule has 118 valence electrons. The van der Waals surface area contributed by atoms with Gasteiger partial charge in [0.1, 0.15) is 0 Å². The lowest BCUT2D eigenvalue weighted by molar-refractivity contribution is 0.430. The number of hydrogen-bond donors (Lipinski definition) is 1. The van der Waals surface area contributed by atoms with Gasteiger partial charge in [0.05, 0.1) is 5.69 Å². The van der Waals surface area contributed by atoms with Crippen molar-refractivity contribution in [1.29, 1.82) is 0 Å². The summed E-state index contributed by atoms with van der Waals surface area (Å²) in [5.41, 5.74) is 8.18. The predicted molar refractivity (Wildman–Crippen MR) is 91.1 cm³/mol. The van der Waals surface area contributed by atoms with Gasteiger partial charge in [0.15, 0.2) is 0 Å². The monoisotopic (exact) mass is 297 g/mol. The van der Waals surface area contributed by atoms with Crippen LogP contribution in [0.4, 0.5) is 0 Å². The summed E-state index contributed by atoms with van der Waals surface area (Å²) in [4.78, 5) is 0. The van der Waals surface area contributed by atoms with E-state index in [2.05, 4.69) is 56.3 Å². The second kappa shape index (κ2) is 5.88. The molecule has 22 heavy (non-hydrogen) atoms. The molecule has 0 radical (unpaired) electrons. The van der Waals surface area contributed by atoms with Crippen LogP contribution in [-0.2, 0) is 13.5 Å². The van der Waals surface area contributed by atoms with E-state index in [9.17, 15) is 0 Å². The molecule has 1 aromatic heterocycles. The summed E-state index contributed by atoms with van der Waals surface area (Å²) in [6.45, 7) is 8.74. The summed E-state index contributed by atoms with van der Waals surface area (Å²) in [7, 11) is 2.03. The summed E-state index contributed by atoms with van der Waals surface area (Å²) < 4.78 is 2.00. The molecular weight excluding hydrogens is 270 g/mol. The number of rotatable bonds is 4. The number of aromatic nitrogens is 2. The average molecular weight is 297 g/mol. The fourth-order valence-electron chi connectivity index (χ4n) is 3.84. The molecule has 1 heterocycles. The molecule has 3 nitrogen and oxygen atoms in total. The molecule has 1 aliphatic carbocycles. The zero-order chi connectivity index (χ0) is 15.9. The van der Waals surface area contributed by atoms with E-state index in [1.807, 2.05) is 11.7 Å². The molecule has 1 aliphatic rings. The van der Waals surface area contributed by atoms with Crippen LogP contribution < -0.4 is 5.32 Å². The minimum absolute atomic E-state index is 0.380. The molecule has 3 heteroatoms. The topological polar surface area (TPSA) is 29.9 Å². The molecule has 2 aromatic rings. The number of benzene rings is 1. The normalized spacial score (nSPS) is 18.5. The Kier molecular flexibility index (Phi) is 4.09. The molecule has 0 aliphatic heterocycles. The van der Waals surface area contributed by atoms with E-state index in [4.69, 9.17) is 0 Å². The summed E-state index contributed by atoms with van der Waals surface area (Å²) in [5, 5.41) is 8.50. The van der Waals surface area contributed by atoms with Crippen LogP contribution in [0.3, 0.4) is 0 Å². The Morgan fingerprint density at radius 3 is 2.73 bits per heavy atom. The molecule has 1 N–H and O–H groups in total. The van der Waals surface area contributed by atoms with Crippen LogP contribution in [0.2, 0.25) is 0 Å². The van der Waals surface area contributed by atoms with Crippen molar-refractivity contribution in [3.05, 3.63) is 51.8 Å². The smallest absolute Gasteiger partial charge is 0.0644 e. The van der Waals surface area contributed by atoms with Gasteiger partial charge < -0.3 is 5.32 Å². The first-order valence-corrected chi connectivity index (χ1v) is 8.36. The SMILES string of the molecule is CCC(NC1CCc2ccc(C)cc21)c1c(C)nn(C)c1C. The summed E-state index contributed by atoms with van der Waals surface area (Å²) in [5.74, 6) is 0. The zero-order valence-electron chi connectivity index (χ0n) is 14.4. The van der Waals surface area contributed by atoms with Gasteiger partial charge in [-0.2, -0.15) is 5.10 Å². The quantitative estimate of drug-likeness (QED) is 0.922. The molecule has 3 rings (SSSR count). The summed E-state index contributed by atoms with van der Waals surface area (Å²) in [6, 6.07) is 7.74. The maximum absolute atomic E-state index is 4.59. The van der Waals surface area contributed by atoms with E-state index in [1.54, 1.807) is 0 Å². The second-order valence-corrected chi connectivity index (χ2v) is 6.63. The molecule has 2 atom stereocenters. The summed E-state index contributed by atoms with van der Waals surface area (Å²) >= 11 is 0. The standard InChI is InChI=1S/C19H27N3/c1-6-17(19-13(3)21-22(5)14(19)4)20-18-10-9-15-8-7-12(2)11-16(15)18/h7-8,11,17-18,20H,6,9-10H2,1-5H3. The van der Waals surface area contributed by atoms with Gasteiger partial charge in [0.2, 0.25) is 0 Å². The predicted octanol–water partition coefficient (Wildman–Crippen LogP) is 4.07. The lowest BCUT2D eigenvalue weighted by Gasteiger charge is -2.23. The minimum Gasteiger partial charge on any atom is -0.303 e. The number of aryl methyl sites for hydroxylation is 4. The van der Waals surface area contributed by atoms with E-state index in [0.717, 1.165) is 12.1 Å². The number of hydrogen-bond acceptors (Lipinski definition) is 2. The van der Waals surface area contributed by atoms with Crippen molar-refractivity contribution in [3.8, 4) is 0 Å². The van der Waals surface area contributed by atoms with Gasteiger partial charge in [-0.3, -0.25) is 4.68 Å². The molecular formula is C19H27N3. The highest BCUT2D eigenvalue weighted by molar-refractivity contribution is 5.38. The molecule has 0 bridgehead atoms. The summed E-state index contributed by atoms with van der Waals surface area (Å²) in [6.07, 6.45) is 3.48. The molecule has 0 spiro atoms. The lowest BCUT2D eigenvalue weighted by Crippen LogP contribution is -2.25. The van der Waals surface area contributed by atoms with Gasteiger partial charge in [-0.25, -0.2) is 0 Å². The Hall–Kier alpha value is -1.61. The van der Waals surface area contributed by atoms with E-state index in [0.29, 0.717) is 12.1 Å². The number of nitrogens with zero attached hydrogens (tertiary/aromatic N) is 2. The number of nitrogens with one attached hydrogen (secondary N) is 1. The Balaban J connectivity index is 1.88. The van der Waals surface area contributed by atoms with E-state index in [1.165, 1.54) is 40.8 Å². The van der Waals surface area contributed by atoms with Gasteiger partial charge >= 0.3 is 0 Å². The Labute approximate surface area is 133 Å². The largest absolute Gasteiger partial charge is 0.303 e. The Morgan fingerprint density at radius 2 is 2.09 bits per heavy atom. The van der Waals surface area contributed by atoms with Crippen LogP contribution in [0, 0.1) is 20.8 Å². The van der Waals surface area contributed by atoms with E-state index in [-0.39, 0.29) is 0 Å². The van der Waals surface area contributed by atoms with Crippen LogP contribution in [0.5, 0.6) is 0 Å². The highest BCUT2D eigenvalue weighted by Gasteiger charge is 2.27. The molecule has 0 amide bonds. The van der Waals surface area contributed by atoms with Crippen LogP contribution >= 0.6 is 0 Å². The van der Waals surface area contributed by atoms with Crippen LogP contribution in [-0.4, -0.2) is 9.78 Å². The van der Waals surface area contributed by atoms with E-state index < -0.39 is 0 Å². The molecule has 0 fully saturated rings. The van der Waals surface area contributed by atoms with Gasteiger partial charge in [-0.1, -0.05) is 30.7 Å². The number of fused-ring (bicyclic) bond motifs is 1. The molecule has 0 saturated heterocycles. The van der Waals surface area contributed by atoms with Crippen LogP contribution in [0.1, 0.15) is 65.5 Å². The van der Waals surface area contributed by atoms with Gasteiger partial charge in [0, 0.05) is 30.4 Å². The van der Waals surface area contributed by atoms with Crippen molar-refractivity contribution in [2.45, 2.75) is 59.0 Å². The Morgan fingerprint density at radius 1 is 1.32 bits per heavy atom. The second-order valence-electron chi connectivity index (χ2n) is 6.63. The fourth-order valence-corrected chi connectivity index (χ4v) is 3.84. The van der Waals surface area contributed by atoms with Crippen LogP contribution in [0.15, 0.2) is 18.2 Å². The Bertz CT molecular complexity index is 684. The lowest BCUT2D eigenvalue weighted by atomic mass is 9.99. The average Bonchev–Trinajstić information content (AvgIpc) is 2.98. The van der Waals surface area contributed by atoms with Crippen molar-refractivity contribution in [1.82, 2.24) is 15.1 Å². The van der Waals surface area contributed by atoms with Gasteiger partial charge in [-0.05, 0) is 51.2 Å². The van der Waals surface area contributed by atoms with Crippen molar-refractivity contribution in [2.24, 2.45) is 7.05 Å². The van der Waals surface area contributed by atoms with Gasteiger partial charge in [0.25, 0.3) is 0 Å². The third-order valence-electron chi connectivity index (χ3n) is 5.10. The maximum atomic E-state index is 4.59. The van der Waals surface area contributed by atoms with Crippen molar-refractivity contribution < 1.29 is 0 Å². The fraction of sp³-hybridized carbons (Fsp3) is 0.526. The van der Waals surface area contributed by atoms with Crippen molar-refractivity contribution in [3.63, 3.8) is 0 Å². The van der Waals surface area contributed by atoms with E-state index >= 15 is 0 Å². The van der Waals surface area contributed by atoms with Crippen LogP contribution in [0.25, 0.3) is 0 Å². The first-order chi connectivity index (χ1) is 10.5. The first-order valence-electron chi connectivity index (χ1n) is 8.36.